The van der Waals surface area contributed by atoms with E-state index in [1.54, 1.807) is 39.0 Å². The number of aliphatic hydroxyl groups is 1. The summed E-state index contributed by atoms with van der Waals surface area (Å²) in [7, 11) is 1.39. The molecule has 10 nitrogen and oxygen atoms in total. The summed E-state index contributed by atoms with van der Waals surface area (Å²) in [6.07, 6.45) is 0.554. The fourth-order valence-electron chi connectivity index (χ4n) is 4.01. The van der Waals surface area contributed by atoms with Gasteiger partial charge in [-0.3, -0.25) is 9.69 Å². The molecule has 0 atom stereocenters. The van der Waals surface area contributed by atoms with Crippen molar-refractivity contribution in [1.29, 1.82) is 5.26 Å². The molecule has 0 saturated heterocycles. The normalized spacial score (nSPS) is 11.8. The van der Waals surface area contributed by atoms with E-state index >= 15 is 4.39 Å². The Bertz CT molecular complexity index is 1450. The van der Waals surface area contributed by atoms with Gasteiger partial charge < -0.3 is 14.4 Å². The van der Waals surface area contributed by atoms with E-state index in [1.165, 1.54) is 17.8 Å². The maximum absolute atomic E-state index is 15.4. The van der Waals surface area contributed by atoms with Crippen LogP contribution in [-0.2, 0) is 21.7 Å². The average molecular weight is 543 g/mol. The van der Waals surface area contributed by atoms with E-state index in [-0.39, 0.29) is 35.8 Å². The standard InChI is InChI=1S/C27H32F2N6O4/c1-26(2,3)12-19(37)34(15-39-25(38)33(7)23-16(14-36)9-8-10-31-23)24-32-21-18(28)11-17(13-30)20(29)22(21)35(24)27(4,5)6/h8-11,36H,12,14-15H2,1-7H3. The van der Waals surface area contributed by atoms with Crippen LogP contribution < -0.4 is 9.80 Å². The van der Waals surface area contributed by atoms with Crippen molar-refractivity contribution in [2.75, 3.05) is 23.6 Å². The Morgan fingerprint density at radius 2 is 1.87 bits per heavy atom. The number of imidazole rings is 1. The second-order valence-electron chi connectivity index (χ2n) is 11.2. The van der Waals surface area contributed by atoms with Crippen LogP contribution in [0.2, 0.25) is 0 Å². The van der Waals surface area contributed by atoms with E-state index in [4.69, 9.17) is 4.74 Å². The number of hydrogen-bond acceptors (Lipinski definition) is 7. The van der Waals surface area contributed by atoms with Crippen molar-refractivity contribution in [3.05, 3.63) is 47.2 Å². The SMILES string of the molecule is CN(C(=O)OCN(C(=O)CC(C)(C)C)c1nc2c(F)cc(C#N)c(F)c2n1C(C)(C)C)c1ncccc1CO. The predicted molar refractivity (Wildman–Crippen MR) is 141 cm³/mol. The molecular formula is C27H32F2N6O4. The Morgan fingerprint density at radius 1 is 1.21 bits per heavy atom. The van der Waals surface area contributed by atoms with Gasteiger partial charge in [-0.2, -0.15) is 5.26 Å². The molecule has 0 unspecified atom stereocenters. The maximum atomic E-state index is 15.4. The number of fused-ring (bicyclic) bond motifs is 1. The Morgan fingerprint density at radius 3 is 2.44 bits per heavy atom. The van der Waals surface area contributed by atoms with Crippen molar-refractivity contribution in [2.45, 2.75) is 60.1 Å². The van der Waals surface area contributed by atoms with Gasteiger partial charge in [-0.25, -0.2) is 28.4 Å². The molecule has 39 heavy (non-hydrogen) atoms. The summed E-state index contributed by atoms with van der Waals surface area (Å²) in [6.45, 7) is 9.64. The third-order valence-electron chi connectivity index (χ3n) is 5.76. The lowest BCUT2D eigenvalue weighted by Crippen LogP contribution is -2.41. The summed E-state index contributed by atoms with van der Waals surface area (Å²) in [5.74, 6) is -2.40. The van der Waals surface area contributed by atoms with E-state index < -0.39 is 46.9 Å². The van der Waals surface area contributed by atoms with Crippen LogP contribution in [0.5, 0.6) is 0 Å². The molecule has 2 amide bonds. The summed E-state index contributed by atoms with van der Waals surface area (Å²) in [5, 5.41) is 18.9. The Labute approximate surface area is 225 Å². The summed E-state index contributed by atoms with van der Waals surface area (Å²) < 4.78 is 37.2. The predicted octanol–water partition coefficient (Wildman–Crippen LogP) is 4.83. The number of rotatable bonds is 6. The number of aliphatic hydroxyl groups excluding tert-OH is 1. The van der Waals surface area contributed by atoms with Crippen LogP contribution in [0.3, 0.4) is 0 Å². The lowest BCUT2D eigenvalue weighted by atomic mass is 9.92. The molecule has 0 aliphatic carbocycles. The number of nitrogens with zero attached hydrogens (tertiary/aromatic N) is 6. The van der Waals surface area contributed by atoms with Crippen LogP contribution in [0.4, 0.5) is 25.3 Å². The monoisotopic (exact) mass is 542 g/mol. The Kier molecular flexibility index (Phi) is 8.26. The zero-order chi connectivity index (χ0) is 29.3. The fourth-order valence-corrected chi connectivity index (χ4v) is 4.01. The molecule has 208 valence electrons. The highest BCUT2D eigenvalue weighted by atomic mass is 19.1. The van der Waals surface area contributed by atoms with Gasteiger partial charge in [0.25, 0.3) is 0 Å². The molecule has 0 spiro atoms. The van der Waals surface area contributed by atoms with Crippen molar-refractivity contribution in [1.82, 2.24) is 14.5 Å². The van der Waals surface area contributed by atoms with Gasteiger partial charge in [0.05, 0.1) is 12.2 Å². The molecule has 2 heterocycles. The van der Waals surface area contributed by atoms with Gasteiger partial charge in [0.15, 0.2) is 18.4 Å². The van der Waals surface area contributed by atoms with E-state index in [2.05, 4.69) is 9.97 Å². The number of halogens is 2. The topological polar surface area (TPSA) is 125 Å². The van der Waals surface area contributed by atoms with E-state index in [1.807, 2.05) is 20.8 Å². The molecule has 0 aliphatic rings. The van der Waals surface area contributed by atoms with E-state index in [0.717, 1.165) is 15.9 Å². The molecule has 0 saturated carbocycles. The number of pyridine rings is 1. The summed E-state index contributed by atoms with van der Waals surface area (Å²) >= 11 is 0. The number of ether oxygens (including phenoxy) is 1. The Hall–Kier alpha value is -4.11. The number of aromatic nitrogens is 3. The highest BCUT2D eigenvalue weighted by molar-refractivity contribution is 5.95. The molecule has 0 fully saturated rings. The number of carbonyl (C=O) groups is 2. The minimum Gasteiger partial charge on any atom is -0.427 e. The first kappa shape index (κ1) is 29.4. The number of nitriles is 1. The van der Waals surface area contributed by atoms with Crippen molar-refractivity contribution in [3.8, 4) is 6.07 Å². The fraction of sp³-hybridized carbons (Fsp3) is 0.444. The summed E-state index contributed by atoms with van der Waals surface area (Å²) in [6, 6.07) is 5.59. The average Bonchev–Trinajstić information content (AvgIpc) is 3.26. The van der Waals surface area contributed by atoms with Crippen molar-refractivity contribution in [3.63, 3.8) is 0 Å². The molecule has 12 heteroatoms. The zero-order valence-electron chi connectivity index (χ0n) is 23.0. The number of benzene rings is 1. The molecule has 0 bridgehead atoms. The smallest absolute Gasteiger partial charge is 0.416 e. The highest BCUT2D eigenvalue weighted by Gasteiger charge is 2.34. The molecule has 2 aromatic heterocycles. The lowest BCUT2D eigenvalue weighted by molar-refractivity contribution is -0.121. The summed E-state index contributed by atoms with van der Waals surface area (Å²) in [4.78, 5) is 37.0. The van der Waals surface area contributed by atoms with Gasteiger partial charge in [-0.1, -0.05) is 26.8 Å². The third-order valence-corrected chi connectivity index (χ3v) is 5.76. The molecule has 3 rings (SSSR count). The minimum absolute atomic E-state index is 0.00293. The van der Waals surface area contributed by atoms with Crippen molar-refractivity contribution < 1.29 is 28.2 Å². The van der Waals surface area contributed by atoms with Gasteiger partial charge in [-0.15, -0.1) is 0 Å². The zero-order valence-corrected chi connectivity index (χ0v) is 23.0. The molecule has 0 aliphatic heterocycles. The summed E-state index contributed by atoms with van der Waals surface area (Å²) in [5.41, 5.74) is -2.19. The van der Waals surface area contributed by atoms with Crippen molar-refractivity contribution >= 4 is 34.8 Å². The third kappa shape index (κ3) is 6.15. The maximum Gasteiger partial charge on any atom is 0.416 e. The number of hydrogen-bond donors (Lipinski definition) is 1. The Balaban J connectivity index is 2.13. The van der Waals surface area contributed by atoms with Gasteiger partial charge in [0.1, 0.15) is 22.9 Å². The second kappa shape index (κ2) is 10.9. The van der Waals surface area contributed by atoms with Crippen molar-refractivity contribution in [2.24, 2.45) is 5.41 Å². The van der Waals surface area contributed by atoms with E-state index in [9.17, 15) is 24.3 Å². The van der Waals surface area contributed by atoms with Crippen LogP contribution in [0.15, 0.2) is 24.4 Å². The van der Waals surface area contributed by atoms with Crippen LogP contribution in [0, 0.1) is 28.4 Å². The minimum atomic E-state index is -0.978. The first-order chi connectivity index (χ1) is 18.1. The van der Waals surface area contributed by atoms with Gasteiger partial charge in [-0.05, 0) is 38.3 Å². The molecule has 1 aromatic carbocycles. The highest BCUT2D eigenvalue weighted by Crippen LogP contribution is 2.35. The number of amides is 2. The molecule has 1 N–H and O–H groups in total. The lowest BCUT2D eigenvalue weighted by Gasteiger charge is -2.31. The van der Waals surface area contributed by atoms with Gasteiger partial charge in [0, 0.05) is 30.8 Å². The second-order valence-corrected chi connectivity index (χ2v) is 11.2. The molecular weight excluding hydrogens is 510 g/mol. The van der Waals surface area contributed by atoms with Crippen LogP contribution in [-0.4, -0.2) is 45.4 Å². The number of carbonyl (C=O) groups excluding carboxylic acids is 2. The largest absolute Gasteiger partial charge is 0.427 e. The van der Waals surface area contributed by atoms with Gasteiger partial charge in [0.2, 0.25) is 11.9 Å². The van der Waals surface area contributed by atoms with Crippen LogP contribution >= 0.6 is 0 Å². The first-order valence-corrected chi connectivity index (χ1v) is 12.2. The molecule has 3 aromatic rings. The van der Waals surface area contributed by atoms with E-state index in [0.29, 0.717) is 5.56 Å². The molecule has 0 radical (unpaired) electrons. The van der Waals surface area contributed by atoms with Gasteiger partial charge >= 0.3 is 6.09 Å². The van der Waals surface area contributed by atoms with Crippen LogP contribution in [0.1, 0.15) is 59.1 Å². The number of anilines is 2. The van der Waals surface area contributed by atoms with Crippen LogP contribution in [0.25, 0.3) is 11.0 Å². The quantitative estimate of drug-likeness (QED) is 0.443. The first-order valence-electron chi connectivity index (χ1n) is 12.2.